The molecule has 5 heteroatoms. The van der Waals surface area contributed by atoms with E-state index in [0.29, 0.717) is 22.4 Å². The van der Waals surface area contributed by atoms with Gasteiger partial charge in [0, 0.05) is 6.26 Å². The second-order valence-corrected chi connectivity index (χ2v) is 7.47. The molecule has 0 fully saturated rings. The van der Waals surface area contributed by atoms with Gasteiger partial charge in [-0.25, -0.2) is 13.2 Å². The Hall–Kier alpha value is -1.36. The Kier molecular flexibility index (Phi) is 6.60. The molecule has 0 aliphatic carbocycles. The maximum Gasteiger partial charge on any atom is 0.338 e. The molecule has 0 radical (unpaired) electrons. The van der Waals surface area contributed by atoms with E-state index in [4.69, 9.17) is 4.74 Å². The second-order valence-electron chi connectivity index (χ2n) is 5.52. The SMILES string of the molecule is CCCC(CC)c1ccc(C(=O)OC)c(CC)c1S(C)(=O)=O. The van der Waals surface area contributed by atoms with Gasteiger partial charge in [-0.3, -0.25) is 0 Å². The largest absolute Gasteiger partial charge is 0.465 e. The van der Waals surface area contributed by atoms with Crippen LogP contribution in [0.25, 0.3) is 0 Å². The molecule has 0 aliphatic heterocycles. The third-order valence-electron chi connectivity index (χ3n) is 3.99. The average molecular weight is 326 g/mol. The molecule has 0 heterocycles. The van der Waals surface area contributed by atoms with Crippen LogP contribution in [-0.2, 0) is 21.0 Å². The number of sulfone groups is 1. The van der Waals surface area contributed by atoms with Crippen LogP contribution in [0.5, 0.6) is 0 Å². The Morgan fingerprint density at radius 2 is 1.86 bits per heavy atom. The minimum Gasteiger partial charge on any atom is -0.465 e. The highest BCUT2D eigenvalue weighted by molar-refractivity contribution is 7.90. The van der Waals surface area contributed by atoms with Crippen LogP contribution < -0.4 is 0 Å². The van der Waals surface area contributed by atoms with Crippen LogP contribution in [-0.4, -0.2) is 27.8 Å². The number of ether oxygens (including phenoxy) is 1. The zero-order valence-corrected chi connectivity index (χ0v) is 14.9. The molecule has 0 bridgehead atoms. The lowest BCUT2D eigenvalue weighted by Crippen LogP contribution is -2.15. The number of hydrogen-bond donors (Lipinski definition) is 0. The van der Waals surface area contributed by atoms with Crippen LogP contribution in [0.15, 0.2) is 17.0 Å². The normalized spacial score (nSPS) is 13.0. The van der Waals surface area contributed by atoms with Gasteiger partial charge in [-0.1, -0.05) is 33.3 Å². The summed E-state index contributed by atoms with van der Waals surface area (Å²) in [5.74, 6) is -0.302. The first kappa shape index (κ1) is 18.7. The Labute approximate surface area is 133 Å². The minimum absolute atomic E-state index is 0.187. The lowest BCUT2D eigenvalue weighted by Gasteiger charge is -2.21. The first-order valence-corrected chi connectivity index (χ1v) is 9.64. The summed E-state index contributed by atoms with van der Waals surface area (Å²) < 4.78 is 29.5. The summed E-state index contributed by atoms with van der Waals surface area (Å²) in [5, 5.41) is 0. The molecule has 0 aliphatic rings. The monoisotopic (exact) mass is 326 g/mol. The number of carbonyl (C=O) groups is 1. The Balaban J connectivity index is 3.70. The fourth-order valence-corrected chi connectivity index (χ4v) is 4.35. The van der Waals surface area contributed by atoms with Crippen LogP contribution in [0.3, 0.4) is 0 Å². The van der Waals surface area contributed by atoms with Crippen LogP contribution >= 0.6 is 0 Å². The Bertz CT molecular complexity index is 632. The zero-order chi connectivity index (χ0) is 16.9. The van der Waals surface area contributed by atoms with Gasteiger partial charge < -0.3 is 4.74 Å². The van der Waals surface area contributed by atoms with Gasteiger partial charge in [0.15, 0.2) is 9.84 Å². The van der Waals surface area contributed by atoms with Crippen molar-refractivity contribution in [1.82, 2.24) is 0 Å². The number of rotatable bonds is 7. The predicted octanol–water partition coefficient (Wildman–Crippen LogP) is 3.73. The zero-order valence-electron chi connectivity index (χ0n) is 14.1. The van der Waals surface area contributed by atoms with E-state index in [0.717, 1.165) is 24.8 Å². The molecule has 1 unspecified atom stereocenters. The molecular weight excluding hydrogens is 300 g/mol. The smallest absolute Gasteiger partial charge is 0.338 e. The summed E-state index contributed by atoms with van der Waals surface area (Å²) in [6.07, 6.45) is 4.48. The van der Waals surface area contributed by atoms with Crippen molar-refractivity contribution in [2.75, 3.05) is 13.4 Å². The second kappa shape index (κ2) is 7.77. The molecule has 0 amide bonds. The molecule has 1 atom stereocenters. The molecule has 1 aromatic rings. The lowest BCUT2D eigenvalue weighted by atomic mass is 9.89. The van der Waals surface area contributed by atoms with Crippen molar-refractivity contribution >= 4 is 15.8 Å². The van der Waals surface area contributed by atoms with E-state index in [9.17, 15) is 13.2 Å². The maximum absolute atomic E-state index is 12.4. The van der Waals surface area contributed by atoms with Gasteiger partial charge in [0.05, 0.1) is 17.6 Å². The van der Waals surface area contributed by atoms with Crippen molar-refractivity contribution in [3.05, 3.63) is 28.8 Å². The Morgan fingerprint density at radius 3 is 2.27 bits per heavy atom. The van der Waals surface area contributed by atoms with Gasteiger partial charge in [0.2, 0.25) is 0 Å². The number of esters is 1. The van der Waals surface area contributed by atoms with Crippen molar-refractivity contribution < 1.29 is 17.9 Å². The van der Waals surface area contributed by atoms with Gasteiger partial charge in [-0.05, 0) is 42.4 Å². The van der Waals surface area contributed by atoms with Gasteiger partial charge in [0.25, 0.3) is 0 Å². The summed E-state index contributed by atoms with van der Waals surface area (Å²) in [4.78, 5) is 12.2. The van der Waals surface area contributed by atoms with Crippen molar-refractivity contribution in [3.8, 4) is 0 Å². The molecule has 0 spiro atoms. The number of benzene rings is 1. The number of methoxy groups -OCH3 is 1. The molecule has 1 aromatic carbocycles. The van der Waals surface area contributed by atoms with Crippen LogP contribution in [0.1, 0.15) is 67.4 Å². The summed E-state index contributed by atoms with van der Waals surface area (Å²) in [5.41, 5.74) is 1.75. The fourth-order valence-electron chi connectivity index (χ4n) is 2.99. The molecular formula is C17H26O4S. The van der Waals surface area contributed by atoms with Crippen LogP contribution in [0, 0.1) is 0 Å². The molecule has 22 heavy (non-hydrogen) atoms. The predicted molar refractivity (Wildman–Crippen MR) is 88.2 cm³/mol. The summed E-state index contributed by atoms with van der Waals surface area (Å²) in [7, 11) is -2.11. The van der Waals surface area contributed by atoms with E-state index in [1.807, 2.05) is 6.92 Å². The highest BCUT2D eigenvalue weighted by atomic mass is 32.2. The molecule has 4 nitrogen and oxygen atoms in total. The molecule has 0 saturated carbocycles. The number of hydrogen-bond acceptors (Lipinski definition) is 4. The van der Waals surface area contributed by atoms with E-state index in [-0.39, 0.29) is 5.92 Å². The van der Waals surface area contributed by atoms with Gasteiger partial charge >= 0.3 is 5.97 Å². The first-order valence-electron chi connectivity index (χ1n) is 7.75. The summed E-state index contributed by atoms with van der Waals surface area (Å²) in [6.45, 7) is 6.01. The summed E-state index contributed by atoms with van der Waals surface area (Å²) in [6, 6.07) is 3.48. The van der Waals surface area contributed by atoms with Crippen LogP contribution in [0.4, 0.5) is 0 Å². The van der Waals surface area contributed by atoms with E-state index >= 15 is 0 Å². The van der Waals surface area contributed by atoms with E-state index in [1.165, 1.54) is 13.4 Å². The molecule has 124 valence electrons. The highest BCUT2D eigenvalue weighted by Gasteiger charge is 2.26. The third kappa shape index (κ3) is 3.88. The molecule has 0 aromatic heterocycles. The van der Waals surface area contributed by atoms with Crippen molar-refractivity contribution in [2.24, 2.45) is 0 Å². The summed E-state index contributed by atoms with van der Waals surface area (Å²) >= 11 is 0. The Morgan fingerprint density at radius 1 is 1.23 bits per heavy atom. The molecule has 0 saturated heterocycles. The van der Waals surface area contributed by atoms with Gasteiger partial charge in [0.1, 0.15) is 0 Å². The minimum atomic E-state index is -3.42. The van der Waals surface area contributed by atoms with Crippen LogP contribution in [0.2, 0.25) is 0 Å². The van der Waals surface area contributed by atoms with E-state index < -0.39 is 15.8 Å². The van der Waals surface area contributed by atoms with Gasteiger partial charge in [-0.15, -0.1) is 0 Å². The lowest BCUT2D eigenvalue weighted by molar-refractivity contribution is 0.0599. The third-order valence-corrected chi connectivity index (χ3v) is 5.21. The van der Waals surface area contributed by atoms with E-state index in [1.54, 1.807) is 12.1 Å². The molecule has 1 rings (SSSR count). The topological polar surface area (TPSA) is 60.4 Å². The number of carbonyl (C=O) groups excluding carboxylic acids is 1. The van der Waals surface area contributed by atoms with E-state index in [2.05, 4.69) is 13.8 Å². The van der Waals surface area contributed by atoms with Gasteiger partial charge in [-0.2, -0.15) is 0 Å². The van der Waals surface area contributed by atoms with Crippen molar-refractivity contribution in [1.29, 1.82) is 0 Å². The molecule has 0 N–H and O–H groups in total. The van der Waals surface area contributed by atoms with Crippen molar-refractivity contribution in [2.45, 2.75) is 57.3 Å². The van der Waals surface area contributed by atoms with Crippen molar-refractivity contribution in [3.63, 3.8) is 0 Å². The quantitative estimate of drug-likeness (QED) is 0.716. The fraction of sp³-hybridized carbons (Fsp3) is 0.588. The first-order chi connectivity index (χ1) is 10.3. The standard InChI is InChI=1S/C17H26O4S/c1-6-9-12(7-2)14-10-11-15(17(18)21-4)13(8-3)16(14)22(5,19)20/h10-12H,6-9H2,1-5H3. The average Bonchev–Trinajstić information content (AvgIpc) is 2.49. The maximum atomic E-state index is 12.4. The highest BCUT2D eigenvalue weighted by Crippen LogP contribution is 2.34.